The van der Waals surface area contributed by atoms with Crippen molar-refractivity contribution in [2.45, 2.75) is 31.8 Å². The SMILES string of the molecule is COc1ccc(Cl)cc1NC(=O)[C@H](C)N(C)CC(=O)NC1CC1. The van der Waals surface area contributed by atoms with Gasteiger partial charge in [-0.1, -0.05) is 11.6 Å². The molecule has 0 heterocycles. The fourth-order valence-electron chi connectivity index (χ4n) is 2.08. The Morgan fingerprint density at radius 1 is 1.43 bits per heavy atom. The Bertz CT molecular complexity index is 590. The number of rotatable bonds is 7. The first-order chi connectivity index (χ1) is 10.9. The molecule has 0 saturated heterocycles. The highest BCUT2D eigenvalue weighted by Crippen LogP contribution is 2.27. The van der Waals surface area contributed by atoms with Crippen LogP contribution in [-0.4, -0.2) is 49.5 Å². The summed E-state index contributed by atoms with van der Waals surface area (Å²) in [4.78, 5) is 25.9. The van der Waals surface area contributed by atoms with Gasteiger partial charge in [-0.05, 0) is 45.0 Å². The number of halogens is 1. The van der Waals surface area contributed by atoms with Crippen molar-refractivity contribution in [3.05, 3.63) is 23.2 Å². The fraction of sp³-hybridized carbons (Fsp3) is 0.500. The average molecular weight is 340 g/mol. The van der Waals surface area contributed by atoms with Gasteiger partial charge in [0, 0.05) is 11.1 Å². The molecule has 1 aromatic carbocycles. The van der Waals surface area contributed by atoms with E-state index in [4.69, 9.17) is 16.3 Å². The maximum Gasteiger partial charge on any atom is 0.241 e. The molecule has 1 aliphatic rings. The first-order valence-corrected chi connectivity index (χ1v) is 7.92. The first-order valence-electron chi connectivity index (χ1n) is 7.54. The Labute approximate surface area is 141 Å². The Kier molecular flexibility index (Phi) is 5.85. The van der Waals surface area contributed by atoms with Gasteiger partial charge in [-0.2, -0.15) is 0 Å². The van der Waals surface area contributed by atoms with Gasteiger partial charge in [-0.25, -0.2) is 0 Å². The predicted octanol–water partition coefficient (Wildman–Crippen LogP) is 1.89. The third-order valence-corrected chi connectivity index (χ3v) is 4.03. The van der Waals surface area contributed by atoms with Gasteiger partial charge >= 0.3 is 0 Å². The number of methoxy groups -OCH3 is 1. The Morgan fingerprint density at radius 3 is 2.74 bits per heavy atom. The number of likely N-dealkylation sites (N-methyl/N-ethyl adjacent to an activating group) is 1. The third kappa shape index (κ3) is 5.11. The van der Waals surface area contributed by atoms with E-state index >= 15 is 0 Å². The number of hydrogen-bond donors (Lipinski definition) is 2. The molecule has 2 rings (SSSR count). The van der Waals surface area contributed by atoms with Crippen LogP contribution in [0.15, 0.2) is 18.2 Å². The lowest BCUT2D eigenvalue weighted by Gasteiger charge is -2.23. The molecule has 1 aromatic rings. The van der Waals surface area contributed by atoms with Crippen LogP contribution in [0.3, 0.4) is 0 Å². The highest BCUT2D eigenvalue weighted by atomic mass is 35.5. The van der Waals surface area contributed by atoms with Crippen molar-refractivity contribution in [2.75, 3.05) is 26.0 Å². The van der Waals surface area contributed by atoms with Crippen LogP contribution in [0.25, 0.3) is 0 Å². The number of carbonyl (C=O) groups excluding carboxylic acids is 2. The number of carbonyl (C=O) groups is 2. The molecule has 1 saturated carbocycles. The van der Waals surface area contributed by atoms with E-state index in [9.17, 15) is 9.59 Å². The van der Waals surface area contributed by atoms with Gasteiger partial charge in [-0.3, -0.25) is 14.5 Å². The summed E-state index contributed by atoms with van der Waals surface area (Å²) in [6.45, 7) is 1.93. The zero-order valence-corrected chi connectivity index (χ0v) is 14.3. The molecule has 0 spiro atoms. The molecular weight excluding hydrogens is 318 g/mol. The molecular formula is C16H22ClN3O3. The van der Waals surface area contributed by atoms with Crippen molar-refractivity contribution in [2.24, 2.45) is 0 Å². The van der Waals surface area contributed by atoms with Gasteiger partial charge in [-0.15, -0.1) is 0 Å². The van der Waals surface area contributed by atoms with Crippen LogP contribution in [0.5, 0.6) is 5.75 Å². The van der Waals surface area contributed by atoms with E-state index in [0.717, 1.165) is 12.8 Å². The maximum absolute atomic E-state index is 12.4. The second-order valence-corrected chi connectivity index (χ2v) is 6.20. The number of ether oxygens (including phenoxy) is 1. The second-order valence-electron chi connectivity index (χ2n) is 5.77. The van der Waals surface area contributed by atoms with Crippen LogP contribution in [0.4, 0.5) is 5.69 Å². The minimum Gasteiger partial charge on any atom is -0.495 e. The highest BCUT2D eigenvalue weighted by molar-refractivity contribution is 6.31. The smallest absolute Gasteiger partial charge is 0.241 e. The summed E-state index contributed by atoms with van der Waals surface area (Å²) < 4.78 is 5.21. The maximum atomic E-state index is 12.4. The van der Waals surface area contributed by atoms with Gasteiger partial charge in [0.15, 0.2) is 0 Å². The van der Waals surface area contributed by atoms with Crippen molar-refractivity contribution in [3.63, 3.8) is 0 Å². The molecule has 1 atom stereocenters. The van der Waals surface area contributed by atoms with Gasteiger partial charge in [0.05, 0.1) is 25.4 Å². The summed E-state index contributed by atoms with van der Waals surface area (Å²) >= 11 is 5.95. The van der Waals surface area contributed by atoms with Crippen LogP contribution in [0, 0.1) is 0 Å². The van der Waals surface area contributed by atoms with Crippen molar-refractivity contribution in [1.29, 1.82) is 0 Å². The van der Waals surface area contributed by atoms with Gasteiger partial charge in [0.25, 0.3) is 0 Å². The minimum atomic E-state index is -0.469. The summed E-state index contributed by atoms with van der Waals surface area (Å²) in [5.74, 6) is 0.242. The van der Waals surface area contributed by atoms with Crippen LogP contribution in [-0.2, 0) is 9.59 Å². The van der Waals surface area contributed by atoms with E-state index in [-0.39, 0.29) is 18.4 Å². The molecule has 2 amide bonds. The van der Waals surface area contributed by atoms with E-state index in [1.807, 2.05) is 0 Å². The van der Waals surface area contributed by atoms with Gasteiger partial charge in [0.1, 0.15) is 5.75 Å². The lowest BCUT2D eigenvalue weighted by atomic mass is 10.2. The summed E-state index contributed by atoms with van der Waals surface area (Å²) in [6.07, 6.45) is 2.08. The monoisotopic (exact) mass is 339 g/mol. The van der Waals surface area contributed by atoms with Crippen molar-refractivity contribution in [1.82, 2.24) is 10.2 Å². The predicted molar refractivity (Wildman–Crippen MR) is 89.9 cm³/mol. The topological polar surface area (TPSA) is 70.7 Å². The number of amides is 2. The van der Waals surface area contributed by atoms with E-state index < -0.39 is 6.04 Å². The number of benzene rings is 1. The summed E-state index contributed by atoms with van der Waals surface area (Å²) in [7, 11) is 3.27. The largest absolute Gasteiger partial charge is 0.495 e. The molecule has 0 aromatic heterocycles. The minimum absolute atomic E-state index is 0.0602. The van der Waals surface area contributed by atoms with E-state index in [0.29, 0.717) is 22.5 Å². The first kappa shape index (κ1) is 17.6. The van der Waals surface area contributed by atoms with Crippen molar-refractivity contribution >= 4 is 29.1 Å². The fourth-order valence-corrected chi connectivity index (χ4v) is 2.25. The van der Waals surface area contributed by atoms with Crippen molar-refractivity contribution < 1.29 is 14.3 Å². The number of nitrogens with one attached hydrogen (secondary N) is 2. The lowest BCUT2D eigenvalue weighted by Crippen LogP contribution is -2.45. The molecule has 0 radical (unpaired) electrons. The summed E-state index contributed by atoms with van der Waals surface area (Å²) in [6, 6.07) is 4.85. The highest BCUT2D eigenvalue weighted by Gasteiger charge is 2.26. The Balaban J connectivity index is 1.93. The standard InChI is InChI=1S/C16H22ClN3O3/c1-10(20(2)9-15(21)18-12-5-6-12)16(22)19-13-8-11(17)4-7-14(13)23-3/h4,7-8,10,12H,5-6,9H2,1-3H3,(H,18,21)(H,19,22)/t10-/m0/s1. The van der Waals surface area contributed by atoms with Crippen LogP contribution in [0.2, 0.25) is 5.02 Å². The molecule has 6 nitrogen and oxygen atoms in total. The zero-order chi connectivity index (χ0) is 17.0. The third-order valence-electron chi connectivity index (χ3n) is 3.80. The average Bonchev–Trinajstić information content (AvgIpc) is 3.30. The lowest BCUT2D eigenvalue weighted by molar-refractivity contribution is -0.124. The zero-order valence-electron chi connectivity index (χ0n) is 13.6. The van der Waals surface area contributed by atoms with E-state index in [1.54, 1.807) is 37.1 Å². The normalized spacial score (nSPS) is 15.2. The molecule has 126 valence electrons. The second kappa shape index (κ2) is 7.66. The molecule has 1 fully saturated rings. The summed E-state index contributed by atoms with van der Waals surface area (Å²) in [5, 5.41) is 6.20. The molecule has 23 heavy (non-hydrogen) atoms. The number of hydrogen-bond acceptors (Lipinski definition) is 4. The Morgan fingerprint density at radius 2 is 2.13 bits per heavy atom. The van der Waals surface area contributed by atoms with Crippen LogP contribution >= 0.6 is 11.6 Å². The molecule has 7 heteroatoms. The van der Waals surface area contributed by atoms with Gasteiger partial charge in [0.2, 0.25) is 11.8 Å². The van der Waals surface area contributed by atoms with Crippen LogP contribution in [0.1, 0.15) is 19.8 Å². The van der Waals surface area contributed by atoms with Crippen LogP contribution < -0.4 is 15.4 Å². The van der Waals surface area contributed by atoms with Crippen molar-refractivity contribution in [3.8, 4) is 5.75 Å². The molecule has 0 aliphatic heterocycles. The Hall–Kier alpha value is -1.79. The quantitative estimate of drug-likeness (QED) is 0.795. The molecule has 0 bridgehead atoms. The van der Waals surface area contributed by atoms with Gasteiger partial charge < -0.3 is 15.4 Å². The summed E-state index contributed by atoms with van der Waals surface area (Å²) in [5.41, 5.74) is 0.507. The van der Waals surface area contributed by atoms with E-state index in [1.165, 1.54) is 7.11 Å². The molecule has 2 N–H and O–H groups in total. The molecule has 0 unspecified atom stereocenters. The number of anilines is 1. The number of nitrogens with zero attached hydrogens (tertiary/aromatic N) is 1. The molecule has 1 aliphatic carbocycles. The van der Waals surface area contributed by atoms with E-state index in [2.05, 4.69) is 10.6 Å².